The summed E-state index contributed by atoms with van der Waals surface area (Å²) in [6.07, 6.45) is -0.746. The third-order valence-corrected chi connectivity index (χ3v) is 1.93. The normalized spacial score (nSPS) is 15.4. The van der Waals surface area contributed by atoms with Crippen molar-refractivity contribution in [3.63, 3.8) is 0 Å². The van der Waals surface area contributed by atoms with Crippen LogP contribution >= 0.6 is 0 Å². The van der Waals surface area contributed by atoms with Crippen LogP contribution in [-0.2, 0) is 0 Å². The maximum absolute atomic E-state index is 12.8. The zero-order valence-corrected chi connectivity index (χ0v) is 7.37. The molecule has 0 aliphatic heterocycles. The Kier molecular flexibility index (Phi) is 2.85. The molecule has 3 nitrogen and oxygen atoms in total. The predicted octanol–water partition coefficient (Wildman–Crippen LogP) is 0.789. The van der Waals surface area contributed by atoms with Crippen molar-refractivity contribution < 1.29 is 9.50 Å². The average Bonchev–Trinajstić information content (AvgIpc) is 2.08. The number of hydrogen-bond acceptors (Lipinski definition) is 3. The molecule has 5 N–H and O–H groups in total. The summed E-state index contributed by atoms with van der Waals surface area (Å²) in [6, 6.07) is 3.29. The van der Waals surface area contributed by atoms with Gasteiger partial charge in [-0.1, -0.05) is 0 Å². The van der Waals surface area contributed by atoms with E-state index in [0.29, 0.717) is 11.3 Å². The minimum Gasteiger partial charge on any atom is -0.398 e. The summed E-state index contributed by atoms with van der Waals surface area (Å²) in [5, 5.41) is 9.19. The van der Waals surface area contributed by atoms with E-state index in [1.165, 1.54) is 25.1 Å². The van der Waals surface area contributed by atoms with Crippen LogP contribution in [0.3, 0.4) is 0 Å². The Morgan fingerprint density at radius 3 is 2.62 bits per heavy atom. The number of halogens is 1. The summed E-state index contributed by atoms with van der Waals surface area (Å²) < 4.78 is 12.8. The lowest BCUT2D eigenvalue weighted by molar-refractivity contribution is 0.164. The van der Waals surface area contributed by atoms with Crippen molar-refractivity contribution >= 4 is 5.69 Å². The van der Waals surface area contributed by atoms with Crippen molar-refractivity contribution in [1.29, 1.82) is 0 Å². The zero-order chi connectivity index (χ0) is 10.0. The summed E-state index contributed by atoms with van der Waals surface area (Å²) in [5.41, 5.74) is 12.0. The van der Waals surface area contributed by atoms with E-state index in [1.807, 2.05) is 0 Å². The summed E-state index contributed by atoms with van der Waals surface area (Å²) in [6.45, 7) is 1.54. The van der Waals surface area contributed by atoms with Crippen molar-refractivity contribution in [2.24, 2.45) is 5.73 Å². The van der Waals surface area contributed by atoms with E-state index in [4.69, 9.17) is 11.5 Å². The van der Waals surface area contributed by atoms with Crippen LogP contribution < -0.4 is 11.5 Å². The fourth-order valence-electron chi connectivity index (χ4n) is 1.09. The zero-order valence-electron chi connectivity index (χ0n) is 7.37. The molecule has 13 heavy (non-hydrogen) atoms. The fraction of sp³-hybridized carbons (Fsp3) is 0.333. The van der Waals surface area contributed by atoms with Crippen LogP contribution in [0.1, 0.15) is 18.5 Å². The highest BCUT2D eigenvalue weighted by molar-refractivity contribution is 5.48. The molecule has 4 heteroatoms. The van der Waals surface area contributed by atoms with Crippen LogP contribution in [0.5, 0.6) is 0 Å². The molecule has 0 heterocycles. The molecule has 72 valence electrons. The first kappa shape index (κ1) is 9.95. The lowest BCUT2D eigenvalue weighted by Gasteiger charge is -2.16. The van der Waals surface area contributed by atoms with Gasteiger partial charge in [-0.05, 0) is 30.7 Å². The molecule has 1 aromatic rings. The topological polar surface area (TPSA) is 72.3 Å². The lowest BCUT2D eigenvalue weighted by Crippen LogP contribution is -2.24. The smallest absolute Gasteiger partial charge is 0.123 e. The molecule has 0 amide bonds. The van der Waals surface area contributed by atoms with Crippen LogP contribution in [0.25, 0.3) is 0 Å². The van der Waals surface area contributed by atoms with Crippen molar-refractivity contribution in [1.82, 2.24) is 0 Å². The molecule has 2 atom stereocenters. The van der Waals surface area contributed by atoms with Crippen molar-refractivity contribution in [2.75, 3.05) is 5.73 Å². The van der Waals surface area contributed by atoms with Gasteiger partial charge in [0.15, 0.2) is 0 Å². The molecule has 1 aromatic carbocycles. The van der Waals surface area contributed by atoms with Gasteiger partial charge in [0.1, 0.15) is 5.82 Å². The highest BCUT2D eigenvalue weighted by Gasteiger charge is 2.15. The first-order valence-corrected chi connectivity index (χ1v) is 4.01. The predicted molar refractivity (Wildman–Crippen MR) is 49.4 cm³/mol. The standard InChI is InChI=1S/C9H13FN2O/c1-5(13)9(12)7-4-6(10)2-3-8(7)11/h2-5,9,13H,11-12H2,1H3/t5-,9-/m1/s1. The number of nitrogens with two attached hydrogens (primary N) is 2. The molecule has 0 saturated carbocycles. The van der Waals surface area contributed by atoms with E-state index >= 15 is 0 Å². The van der Waals surface area contributed by atoms with Gasteiger partial charge in [0, 0.05) is 5.69 Å². The van der Waals surface area contributed by atoms with Gasteiger partial charge in [-0.2, -0.15) is 0 Å². The van der Waals surface area contributed by atoms with Crippen LogP contribution in [0, 0.1) is 5.82 Å². The number of anilines is 1. The second kappa shape index (κ2) is 3.72. The number of rotatable bonds is 2. The summed E-state index contributed by atoms with van der Waals surface area (Å²) >= 11 is 0. The van der Waals surface area contributed by atoms with Gasteiger partial charge in [0.05, 0.1) is 12.1 Å². The third kappa shape index (κ3) is 2.17. The van der Waals surface area contributed by atoms with Crippen LogP contribution in [0.2, 0.25) is 0 Å². The van der Waals surface area contributed by atoms with E-state index in [9.17, 15) is 9.50 Å². The number of aliphatic hydroxyl groups is 1. The lowest BCUT2D eigenvalue weighted by atomic mass is 10.0. The highest BCUT2D eigenvalue weighted by atomic mass is 19.1. The molecule has 0 bridgehead atoms. The van der Waals surface area contributed by atoms with E-state index in [0.717, 1.165) is 0 Å². The Balaban J connectivity index is 3.05. The average molecular weight is 184 g/mol. The molecule has 0 unspecified atom stereocenters. The molecule has 0 saturated heterocycles. The minimum atomic E-state index is -0.746. The number of benzene rings is 1. The Hall–Kier alpha value is -1.13. The van der Waals surface area contributed by atoms with E-state index in [2.05, 4.69) is 0 Å². The molecule has 0 aliphatic carbocycles. The van der Waals surface area contributed by atoms with Gasteiger partial charge in [-0.3, -0.25) is 0 Å². The SMILES string of the molecule is C[C@@H](O)[C@@H](N)c1cc(F)ccc1N. The third-order valence-electron chi connectivity index (χ3n) is 1.93. The fourth-order valence-corrected chi connectivity index (χ4v) is 1.09. The van der Waals surface area contributed by atoms with E-state index in [1.54, 1.807) is 0 Å². The minimum absolute atomic E-state index is 0.398. The quantitative estimate of drug-likeness (QED) is 0.595. The van der Waals surface area contributed by atoms with E-state index in [-0.39, 0.29) is 0 Å². The van der Waals surface area contributed by atoms with Crippen LogP contribution in [-0.4, -0.2) is 11.2 Å². The number of nitrogen functional groups attached to an aromatic ring is 1. The molecule has 1 rings (SSSR count). The summed E-state index contributed by atoms with van der Waals surface area (Å²) in [5.74, 6) is -0.402. The Labute approximate surface area is 76.2 Å². The molecular weight excluding hydrogens is 171 g/mol. The molecule has 0 spiro atoms. The Morgan fingerprint density at radius 1 is 1.46 bits per heavy atom. The van der Waals surface area contributed by atoms with Crippen LogP contribution in [0.4, 0.5) is 10.1 Å². The number of hydrogen-bond donors (Lipinski definition) is 3. The van der Waals surface area contributed by atoms with Gasteiger partial charge < -0.3 is 16.6 Å². The van der Waals surface area contributed by atoms with Gasteiger partial charge >= 0.3 is 0 Å². The monoisotopic (exact) mass is 184 g/mol. The largest absolute Gasteiger partial charge is 0.398 e. The summed E-state index contributed by atoms with van der Waals surface area (Å²) in [7, 11) is 0. The van der Waals surface area contributed by atoms with Crippen molar-refractivity contribution in [3.05, 3.63) is 29.6 Å². The maximum Gasteiger partial charge on any atom is 0.123 e. The van der Waals surface area contributed by atoms with Gasteiger partial charge in [0.2, 0.25) is 0 Å². The van der Waals surface area contributed by atoms with Gasteiger partial charge in [0.25, 0.3) is 0 Å². The van der Waals surface area contributed by atoms with Gasteiger partial charge in [-0.15, -0.1) is 0 Å². The first-order valence-electron chi connectivity index (χ1n) is 4.01. The van der Waals surface area contributed by atoms with Crippen LogP contribution in [0.15, 0.2) is 18.2 Å². The Morgan fingerprint density at radius 2 is 2.08 bits per heavy atom. The molecule has 0 aromatic heterocycles. The van der Waals surface area contributed by atoms with Gasteiger partial charge in [-0.25, -0.2) is 4.39 Å². The second-order valence-electron chi connectivity index (χ2n) is 3.04. The van der Waals surface area contributed by atoms with Crippen molar-refractivity contribution in [3.8, 4) is 0 Å². The van der Waals surface area contributed by atoms with Crippen molar-refractivity contribution in [2.45, 2.75) is 19.1 Å². The molecule has 0 radical (unpaired) electrons. The maximum atomic E-state index is 12.8. The van der Waals surface area contributed by atoms with E-state index < -0.39 is 18.0 Å². The second-order valence-corrected chi connectivity index (χ2v) is 3.04. The molecule has 0 aliphatic rings. The Bertz CT molecular complexity index is 302. The number of aliphatic hydroxyl groups excluding tert-OH is 1. The molecular formula is C9H13FN2O. The summed E-state index contributed by atoms with van der Waals surface area (Å²) in [4.78, 5) is 0. The highest BCUT2D eigenvalue weighted by Crippen LogP contribution is 2.21. The molecule has 0 fully saturated rings. The first-order chi connectivity index (χ1) is 6.02.